The maximum atomic E-state index is 10.3. The molecule has 0 unspecified atom stereocenters. The van der Waals surface area contributed by atoms with Crippen LogP contribution in [0.1, 0.15) is 11.5 Å². The second kappa shape index (κ2) is 5.42. The average molecular weight is 247 g/mol. The average Bonchev–Trinajstić information content (AvgIpc) is 2.78. The number of carboxylic acids is 1. The van der Waals surface area contributed by atoms with Gasteiger partial charge in [0.2, 0.25) is 11.8 Å². The largest absolute Gasteiger partial charge is 0.480 e. The van der Waals surface area contributed by atoms with Gasteiger partial charge >= 0.3 is 5.97 Å². The molecule has 0 amide bonds. The monoisotopic (exact) mass is 247 g/mol. The summed E-state index contributed by atoms with van der Waals surface area (Å²) in [6, 6.07) is 7.69. The molecular weight excluding hydrogens is 234 g/mol. The highest BCUT2D eigenvalue weighted by atomic mass is 16.4. The van der Waals surface area contributed by atoms with Crippen LogP contribution < -0.4 is 5.32 Å². The van der Waals surface area contributed by atoms with E-state index in [2.05, 4.69) is 15.5 Å². The molecule has 0 aliphatic rings. The van der Waals surface area contributed by atoms with Crippen molar-refractivity contribution in [2.24, 2.45) is 0 Å². The van der Waals surface area contributed by atoms with Crippen LogP contribution in [-0.4, -0.2) is 27.8 Å². The third kappa shape index (κ3) is 2.92. The van der Waals surface area contributed by atoms with Crippen molar-refractivity contribution < 1.29 is 14.3 Å². The summed E-state index contributed by atoms with van der Waals surface area (Å²) in [6.07, 6.45) is 0. The van der Waals surface area contributed by atoms with E-state index in [0.29, 0.717) is 11.8 Å². The van der Waals surface area contributed by atoms with Crippen molar-refractivity contribution in [3.63, 3.8) is 0 Å². The minimum atomic E-state index is -0.923. The first-order valence-corrected chi connectivity index (χ1v) is 5.47. The van der Waals surface area contributed by atoms with Crippen LogP contribution in [-0.2, 0) is 11.3 Å². The number of hydrogen-bond acceptors (Lipinski definition) is 5. The van der Waals surface area contributed by atoms with Crippen molar-refractivity contribution in [3.8, 4) is 11.5 Å². The molecule has 0 radical (unpaired) electrons. The Bertz CT molecular complexity index is 551. The molecule has 0 fully saturated rings. The standard InChI is InChI=1S/C12H13N3O3/c1-8-4-2-3-5-9(8)12-15-14-10(18-12)6-13-7-11(16)17/h2-5,13H,6-7H2,1H3,(H,16,17). The molecule has 2 N–H and O–H groups in total. The number of benzene rings is 1. The van der Waals surface area contributed by atoms with Gasteiger partial charge in [0.15, 0.2) is 0 Å². The van der Waals surface area contributed by atoms with Gasteiger partial charge < -0.3 is 9.52 Å². The van der Waals surface area contributed by atoms with Gasteiger partial charge in [0, 0.05) is 5.56 Å². The van der Waals surface area contributed by atoms with E-state index < -0.39 is 5.97 Å². The van der Waals surface area contributed by atoms with E-state index in [1.54, 1.807) is 0 Å². The van der Waals surface area contributed by atoms with Crippen molar-refractivity contribution in [1.29, 1.82) is 0 Å². The molecule has 0 saturated heterocycles. The fraction of sp³-hybridized carbons (Fsp3) is 0.250. The number of nitrogens with one attached hydrogen (secondary N) is 1. The van der Waals surface area contributed by atoms with Crippen molar-refractivity contribution in [1.82, 2.24) is 15.5 Å². The maximum absolute atomic E-state index is 10.3. The van der Waals surface area contributed by atoms with Crippen LogP contribution in [0, 0.1) is 6.92 Å². The third-order valence-electron chi connectivity index (χ3n) is 2.39. The van der Waals surface area contributed by atoms with Gasteiger partial charge in [-0.05, 0) is 18.6 Å². The van der Waals surface area contributed by atoms with Gasteiger partial charge in [0.05, 0.1) is 13.1 Å². The quantitative estimate of drug-likeness (QED) is 0.825. The number of aryl methyl sites for hydroxylation is 1. The summed E-state index contributed by atoms with van der Waals surface area (Å²) < 4.78 is 5.45. The van der Waals surface area contributed by atoms with Crippen LogP contribution in [0.2, 0.25) is 0 Å². The highest BCUT2D eigenvalue weighted by Crippen LogP contribution is 2.21. The molecule has 0 aliphatic heterocycles. The SMILES string of the molecule is Cc1ccccc1-c1nnc(CNCC(=O)O)o1. The molecule has 1 aromatic carbocycles. The fourth-order valence-corrected chi connectivity index (χ4v) is 1.52. The van der Waals surface area contributed by atoms with E-state index in [1.165, 1.54) is 0 Å². The van der Waals surface area contributed by atoms with Crippen molar-refractivity contribution in [2.45, 2.75) is 13.5 Å². The first-order chi connectivity index (χ1) is 8.66. The normalized spacial score (nSPS) is 10.5. The van der Waals surface area contributed by atoms with Crippen molar-refractivity contribution in [3.05, 3.63) is 35.7 Å². The highest BCUT2D eigenvalue weighted by molar-refractivity contribution is 5.68. The molecule has 6 nitrogen and oxygen atoms in total. The molecular formula is C12H13N3O3. The molecule has 18 heavy (non-hydrogen) atoms. The van der Waals surface area contributed by atoms with E-state index in [9.17, 15) is 4.79 Å². The van der Waals surface area contributed by atoms with Gasteiger partial charge in [-0.25, -0.2) is 0 Å². The maximum Gasteiger partial charge on any atom is 0.317 e. The van der Waals surface area contributed by atoms with Crippen LogP contribution >= 0.6 is 0 Å². The van der Waals surface area contributed by atoms with E-state index in [0.717, 1.165) is 11.1 Å². The zero-order valence-corrected chi connectivity index (χ0v) is 9.88. The number of hydrogen-bond donors (Lipinski definition) is 2. The first-order valence-electron chi connectivity index (χ1n) is 5.47. The van der Waals surface area contributed by atoms with Gasteiger partial charge in [-0.2, -0.15) is 0 Å². The van der Waals surface area contributed by atoms with E-state index >= 15 is 0 Å². The molecule has 0 saturated carbocycles. The van der Waals surface area contributed by atoms with Crippen LogP contribution in [0.15, 0.2) is 28.7 Å². The number of carboxylic acid groups (broad SMARTS) is 1. The van der Waals surface area contributed by atoms with E-state index in [4.69, 9.17) is 9.52 Å². The van der Waals surface area contributed by atoms with Gasteiger partial charge in [0.25, 0.3) is 0 Å². The fourth-order valence-electron chi connectivity index (χ4n) is 1.52. The Morgan fingerprint density at radius 2 is 2.17 bits per heavy atom. The predicted molar refractivity (Wildman–Crippen MR) is 63.8 cm³/mol. The lowest BCUT2D eigenvalue weighted by Crippen LogP contribution is -2.21. The number of nitrogens with zero attached hydrogens (tertiary/aromatic N) is 2. The van der Waals surface area contributed by atoms with E-state index in [1.807, 2.05) is 31.2 Å². The Kier molecular flexibility index (Phi) is 3.69. The Balaban J connectivity index is 2.06. The number of rotatable bonds is 5. The minimum absolute atomic E-state index is 0.137. The van der Waals surface area contributed by atoms with Crippen LogP contribution in [0.3, 0.4) is 0 Å². The molecule has 0 atom stereocenters. The summed E-state index contributed by atoms with van der Waals surface area (Å²) in [5.74, 6) is -0.108. The molecule has 2 rings (SSSR count). The Morgan fingerprint density at radius 1 is 1.39 bits per heavy atom. The Morgan fingerprint density at radius 3 is 2.89 bits per heavy atom. The summed E-state index contributed by atoms with van der Waals surface area (Å²) in [4.78, 5) is 10.3. The molecule has 0 aliphatic carbocycles. The molecule has 1 heterocycles. The summed E-state index contributed by atoms with van der Waals surface area (Å²) in [5, 5.41) is 19.0. The van der Waals surface area contributed by atoms with Gasteiger partial charge in [-0.3, -0.25) is 10.1 Å². The second-order valence-electron chi connectivity index (χ2n) is 3.81. The molecule has 6 heteroatoms. The minimum Gasteiger partial charge on any atom is -0.480 e. The molecule has 2 aromatic rings. The molecule has 94 valence electrons. The van der Waals surface area contributed by atoms with Crippen molar-refractivity contribution >= 4 is 5.97 Å². The zero-order chi connectivity index (χ0) is 13.0. The van der Waals surface area contributed by atoms with Gasteiger partial charge in [-0.1, -0.05) is 18.2 Å². The summed E-state index contributed by atoms with van der Waals surface area (Å²) in [7, 11) is 0. The second-order valence-corrected chi connectivity index (χ2v) is 3.81. The lowest BCUT2D eigenvalue weighted by Gasteiger charge is -1.99. The topological polar surface area (TPSA) is 88.2 Å². The molecule has 0 spiro atoms. The Labute approximate surface area is 104 Å². The lowest BCUT2D eigenvalue weighted by molar-refractivity contribution is -0.136. The number of aromatic nitrogens is 2. The number of carbonyl (C=O) groups is 1. The van der Waals surface area contributed by atoms with Crippen LogP contribution in [0.4, 0.5) is 0 Å². The zero-order valence-electron chi connectivity index (χ0n) is 9.88. The Hall–Kier alpha value is -2.21. The van der Waals surface area contributed by atoms with Crippen LogP contribution in [0.25, 0.3) is 11.5 Å². The third-order valence-corrected chi connectivity index (χ3v) is 2.39. The molecule has 0 bridgehead atoms. The summed E-state index contributed by atoms with van der Waals surface area (Å²) in [6.45, 7) is 2.06. The first kappa shape index (κ1) is 12.3. The predicted octanol–water partition coefficient (Wildman–Crippen LogP) is 1.22. The van der Waals surface area contributed by atoms with Gasteiger partial charge in [0.1, 0.15) is 0 Å². The van der Waals surface area contributed by atoms with E-state index in [-0.39, 0.29) is 13.1 Å². The summed E-state index contributed by atoms with van der Waals surface area (Å²) in [5.41, 5.74) is 1.93. The highest BCUT2D eigenvalue weighted by Gasteiger charge is 2.10. The van der Waals surface area contributed by atoms with Gasteiger partial charge in [-0.15, -0.1) is 10.2 Å². The number of aliphatic carboxylic acids is 1. The summed E-state index contributed by atoms with van der Waals surface area (Å²) >= 11 is 0. The van der Waals surface area contributed by atoms with Crippen molar-refractivity contribution in [2.75, 3.05) is 6.54 Å². The molecule has 1 aromatic heterocycles. The smallest absolute Gasteiger partial charge is 0.317 e. The van der Waals surface area contributed by atoms with Crippen LogP contribution in [0.5, 0.6) is 0 Å². The lowest BCUT2D eigenvalue weighted by atomic mass is 10.1.